The fourth-order valence-corrected chi connectivity index (χ4v) is 2.95. The first-order valence-corrected chi connectivity index (χ1v) is 10.0. The fraction of sp³-hybridized carbons (Fsp3) is 0.700. The van der Waals surface area contributed by atoms with Gasteiger partial charge in [0.15, 0.2) is 30.7 Å². The highest BCUT2D eigenvalue weighted by Gasteiger charge is 2.53. The molecule has 1 saturated heterocycles. The highest BCUT2D eigenvalue weighted by molar-refractivity contribution is 5.75. The van der Waals surface area contributed by atoms with Gasteiger partial charge in [0.2, 0.25) is 0 Å². The molecule has 0 amide bonds. The van der Waals surface area contributed by atoms with E-state index < -0.39 is 85.8 Å². The summed E-state index contributed by atoms with van der Waals surface area (Å²) in [6.45, 7) is 4.32. The van der Waals surface area contributed by atoms with Crippen LogP contribution in [-0.4, -0.2) is 92.9 Å². The van der Waals surface area contributed by atoms with E-state index in [-0.39, 0.29) is 0 Å². The van der Waals surface area contributed by atoms with Crippen molar-refractivity contribution in [2.75, 3.05) is 20.3 Å². The lowest BCUT2D eigenvalue weighted by Crippen LogP contribution is -2.63. The highest BCUT2D eigenvalue weighted by atomic mass is 16.7. The molecule has 0 spiro atoms. The first-order valence-electron chi connectivity index (χ1n) is 10.0. The maximum atomic E-state index is 12.2. The first-order chi connectivity index (χ1) is 15.8. The van der Waals surface area contributed by atoms with Gasteiger partial charge in [0.1, 0.15) is 19.3 Å². The molecule has 34 heavy (non-hydrogen) atoms. The van der Waals surface area contributed by atoms with E-state index in [2.05, 4.69) is 4.74 Å². The summed E-state index contributed by atoms with van der Waals surface area (Å²) in [5, 5.41) is 0. The lowest BCUT2D eigenvalue weighted by Gasteiger charge is -2.44. The molecule has 6 atom stereocenters. The average Bonchev–Trinajstić information content (AvgIpc) is 2.71. The summed E-state index contributed by atoms with van der Waals surface area (Å²) < 4.78 is 41.4. The molecule has 192 valence electrons. The molecule has 0 aromatic heterocycles. The Balaban J connectivity index is 3.42. The molecule has 0 aromatic rings. The number of carbonyl (C=O) groups is 6. The second kappa shape index (κ2) is 13.4. The molecule has 14 heteroatoms. The second-order valence-electron chi connectivity index (χ2n) is 7.02. The van der Waals surface area contributed by atoms with Crippen molar-refractivity contribution in [1.82, 2.24) is 0 Å². The van der Waals surface area contributed by atoms with Gasteiger partial charge in [-0.3, -0.25) is 24.0 Å². The van der Waals surface area contributed by atoms with Gasteiger partial charge in [-0.05, 0) is 0 Å². The molecule has 14 nitrogen and oxygen atoms in total. The molecule has 1 fully saturated rings. The van der Waals surface area contributed by atoms with Crippen LogP contribution in [0.2, 0.25) is 0 Å². The van der Waals surface area contributed by atoms with Gasteiger partial charge in [0, 0.05) is 34.6 Å². The average molecular weight is 492 g/mol. The Bertz CT molecular complexity index is 777. The Morgan fingerprint density at radius 3 is 1.68 bits per heavy atom. The van der Waals surface area contributed by atoms with Crippen LogP contribution in [0.3, 0.4) is 0 Å². The zero-order chi connectivity index (χ0) is 26.0. The third-order valence-corrected chi connectivity index (χ3v) is 4.15. The van der Waals surface area contributed by atoms with Crippen LogP contribution in [0, 0.1) is 0 Å². The Morgan fingerprint density at radius 2 is 1.21 bits per heavy atom. The number of ether oxygens (including phenoxy) is 8. The summed E-state index contributed by atoms with van der Waals surface area (Å²) in [4.78, 5) is 70.0. The molecule has 0 aliphatic carbocycles. The number of rotatable bonds is 10. The Morgan fingerprint density at radius 1 is 0.706 bits per heavy atom. The molecule has 1 aliphatic heterocycles. The van der Waals surface area contributed by atoms with Crippen LogP contribution in [0.15, 0.2) is 0 Å². The van der Waals surface area contributed by atoms with Gasteiger partial charge in [-0.2, -0.15) is 0 Å². The SMILES string of the molecule is COC(=O)[C@@H](COC(C)=O)O[C@H]1O[C@H](COC(C)=O)[C@@H](OC(C)=O)[C@H](OC(C)=O)[C@@H]1OC(C)=O. The fourth-order valence-electron chi connectivity index (χ4n) is 2.95. The lowest BCUT2D eigenvalue weighted by molar-refractivity contribution is -0.317. The number of methoxy groups -OCH3 is 1. The third kappa shape index (κ3) is 9.31. The van der Waals surface area contributed by atoms with Crippen molar-refractivity contribution in [3.8, 4) is 0 Å². The molecule has 0 saturated carbocycles. The molecular weight excluding hydrogens is 464 g/mol. The van der Waals surface area contributed by atoms with Crippen LogP contribution in [0.4, 0.5) is 0 Å². The van der Waals surface area contributed by atoms with Crippen LogP contribution in [0.1, 0.15) is 34.6 Å². The number of hydrogen-bond donors (Lipinski definition) is 0. The maximum absolute atomic E-state index is 12.2. The Hall–Kier alpha value is -3.26. The largest absolute Gasteiger partial charge is 0.467 e. The van der Waals surface area contributed by atoms with Crippen LogP contribution in [0.25, 0.3) is 0 Å². The predicted octanol–water partition coefficient (Wildman–Crippen LogP) is -0.809. The highest BCUT2D eigenvalue weighted by Crippen LogP contribution is 2.30. The summed E-state index contributed by atoms with van der Waals surface area (Å²) in [6, 6.07) is 0. The van der Waals surface area contributed by atoms with E-state index in [1.807, 2.05) is 0 Å². The van der Waals surface area contributed by atoms with E-state index in [0.29, 0.717) is 0 Å². The van der Waals surface area contributed by atoms with E-state index in [1.165, 1.54) is 0 Å². The summed E-state index contributed by atoms with van der Waals surface area (Å²) in [6.07, 6.45) is -8.90. The maximum Gasteiger partial charge on any atom is 0.338 e. The van der Waals surface area contributed by atoms with E-state index in [1.54, 1.807) is 0 Å². The van der Waals surface area contributed by atoms with Gasteiger partial charge in [-0.1, -0.05) is 0 Å². The monoisotopic (exact) mass is 492 g/mol. The van der Waals surface area contributed by atoms with Crippen LogP contribution in [0.5, 0.6) is 0 Å². The molecule has 0 N–H and O–H groups in total. The van der Waals surface area contributed by atoms with Crippen molar-refractivity contribution in [1.29, 1.82) is 0 Å². The first kappa shape index (κ1) is 28.8. The van der Waals surface area contributed by atoms with Gasteiger partial charge < -0.3 is 37.9 Å². The van der Waals surface area contributed by atoms with E-state index >= 15 is 0 Å². The number of esters is 6. The van der Waals surface area contributed by atoms with Crippen molar-refractivity contribution in [3.05, 3.63) is 0 Å². The molecule has 0 radical (unpaired) electrons. The van der Waals surface area contributed by atoms with Gasteiger partial charge in [0.25, 0.3) is 0 Å². The van der Waals surface area contributed by atoms with Gasteiger partial charge in [0.05, 0.1) is 7.11 Å². The summed E-state index contributed by atoms with van der Waals surface area (Å²) >= 11 is 0. The lowest BCUT2D eigenvalue weighted by atomic mass is 9.98. The van der Waals surface area contributed by atoms with Crippen molar-refractivity contribution in [3.63, 3.8) is 0 Å². The Kier molecular flexibility index (Phi) is 11.4. The third-order valence-electron chi connectivity index (χ3n) is 4.15. The van der Waals surface area contributed by atoms with E-state index in [0.717, 1.165) is 41.7 Å². The Labute approximate surface area is 195 Å². The normalized spacial score (nSPS) is 24.7. The van der Waals surface area contributed by atoms with E-state index in [4.69, 9.17) is 33.2 Å². The van der Waals surface area contributed by atoms with Gasteiger partial charge >= 0.3 is 35.8 Å². The summed E-state index contributed by atoms with van der Waals surface area (Å²) in [7, 11) is 1.06. The summed E-state index contributed by atoms with van der Waals surface area (Å²) in [5.74, 6) is -4.88. The minimum atomic E-state index is -1.64. The smallest absolute Gasteiger partial charge is 0.338 e. The zero-order valence-corrected chi connectivity index (χ0v) is 19.6. The quantitative estimate of drug-likeness (QED) is 0.273. The van der Waals surface area contributed by atoms with E-state index in [9.17, 15) is 28.8 Å². The zero-order valence-electron chi connectivity index (χ0n) is 19.6. The topological polar surface area (TPSA) is 176 Å². The molecule has 1 rings (SSSR count). The minimum Gasteiger partial charge on any atom is -0.467 e. The van der Waals surface area contributed by atoms with Crippen molar-refractivity contribution < 1.29 is 66.7 Å². The standard InChI is InChI=1S/C20H28O14/c1-9(21)28-7-14-16(30-11(3)23)17(31-12(4)24)18(32-13(5)25)20(33-14)34-15(19(26)27-6)8-29-10(2)22/h14-18,20H,7-8H2,1-6H3/t14-,15-,16-,17+,18+,20-/m1/s1. The van der Waals surface area contributed by atoms with Crippen LogP contribution < -0.4 is 0 Å². The van der Waals surface area contributed by atoms with Crippen molar-refractivity contribution in [2.45, 2.75) is 71.4 Å². The van der Waals surface area contributed by atoms with Crippen LogP contribution in [-0.2, 0) is 66.7 Å². The molecule has 1 heterocycles. The molecule has 1 aliphatic rings. The van der Waals surface area contributed by atoms with Crippen molar-refractivity contribution >= 4 is 35.8 Å². The number of carbonyl (C=O) groups excluding carboxylic acids is 6. The van der Waals surface area contributed by atoms with Gasteiger partial charge in [-0.25, -0.2) is 4.79 Å². The molecule has 0 bridgehead atoms. The minimum absolute atomic E-state index is 0.482. The second-order valence-corrected chi connectivity index (χ2v) is 7.02. The van der Waals surface area contributed by atoms with Crippen LogP contribution >= 0.6 is 0 Å². The molecule has 0 aromatic carbocycles. The predicted molar refractivity (Wildman–Crippen MR) is 105 cm³/mol. The van der Waals surface area contributed by atoms with Gasteiger partial charge in [-0.15, -0.1) is 0 Å². The molecule has 0 unspecified atom stereocenters. The number of hydrogen-bond acceptors (Lipinski definition) is 14. The molecular formula is C20H28O14. The van der Waals surface area contributed by atoms with Crippen molar-refractivity contribution in [2.24, 2.45) is 0 Å². The summed E-state index contributed by atoms with van der Waals surface area (Å²) in [5.41, 5.74) is 0.